The molecule has 166 valence electrons. The minimum Gasteiger partial charge on any atom is -0.497 e. The first-order valence-electron chi connectivity index (χ1n) is 11.0. The topological polar surface area (TPSA) is 68.2 Å². The smallest absolute Gasteiger partial charge is 0.281 e. The summed E-state index contributed by atoms with van der Waals surface area (Å²) >= 11 is 0. The summed E-state index contributed by atoms with van der Waals surface area (Å²) in [5.74, 6) is 1.25. The van der Waals surface area contributed by atoms with E-state index in [-0.39, 0.29) is 24.3 Å². The highest BCUT2D eigenvalue weighted by Gasteiger charge is 2.33. The largest absolute Gasteiger partial charge is 0.497 e. The van der Waals surface area contributed by atoms with Crippen molar-refractivity contribution in [2.75, 3.05) is 13.7 Å². The number of carbonyl (C=O) groups excluding carboxylic acids is 2. The molecule has 1 heterocycles. The fraction of sp³-hybridized carbons (Fsp3) is 0.222. The number of rotatable bonds is 6. The number of hydrogen-bond donors (Lipinski definition) is 0. The van der Waals surface area contributed by atoms with Crippen molar-refractivity contribution in [1.82, 2.24) is 5.01 Å². The van der Waals surface area contributed by atoms with Crippen LogP contribution in [0.4, 0.5) is 0 Å². The Labute approximate surface area is 192 Å². The Morgan fingerprint density at radius 1 is 1.00 bits per heavy atom. The number of Topliss-reactive ketones (excluding diaryl/α,β-unsaturated/α-hetero) is 1. The molecule has 1 amide bonds. The number of hydrogen-bond acceptors (Lipinski definition) is 5. The number of methoxy groups -OCH3 is 1. The van der Waals surface area contributed by atoms with Crippen LogP contribution in [-0.4, -0.2) is 36.1 Å². The number of nitrogens with zero attached hydrogens (tertiary/aromatic N) is 2. The van der Waals surface area contributed by atoms with E-state index in [0.717, 1.165) is 28.2 Å². The van der Waals surface area contributed by atoms with Crippen LogP contribution in [0.5, 0.6) is 11.5 Å². The Bertz CT molecular complexity index is 1220. The zero-order chi connectivity index (χ0) is 22.8. The Hall–Kier alpha value is -3.93. The van der Waals surface area contributed by atoms with Crippen molar-refractivity contribution in [3.63, 3.8) is 0 Å². The van der Waals surface area contributed by atoms with Gasteiger partial charge in [0.1, 0.15) is 11.5 Å². The van der Waals surface area contributed by atoms with Gasteiger partial charge in [0.05, 0.1) is 18.9 Å². The van der Waals surface area contributed by atoms with Crippen molar-refractivity contribution in [3.8, 4) is 11.5 Å². The molecule has 0 saturated carbocycles. The normalized spacial score (nSPS) is 17.0. The van der Waals surface area contributed by atoms with Crippen molar-refractivity contribution in [1.29, 1.82) is 0 Å². The highest BCUT2D eigenvalue weighted by molar-refractivity contribution is 6.03. The lowest BCUT2D eigenvalue weighted by molar-refractivity contribution is -0.135. The summed E-state index contributed by atoms with van der Waals surface area (Å²) in [4.78, 5) is 25.3. The molecule has 1 aliphatic heterocycles. The molecule has 0 aromatic heterocycles. The van der Waals surface area contributed by atoms with Gasteiger partial charge >= 0.3 is 0 Å². The summed E-state index contributed by atoms with van der Waals surface area (Å²) in [6, 6.07) is 22.8. The maximum absolute atomic E-state index is 13.3. The molecule has 1 unspecified atom stereocenters. The third kappa shape index (κ3) is 4.12. The van der Waals surface area contributed by atoms with Crippen LogP contribution in [0.15, 0.2) is 77.9 Å². The zero-order valence-corrected chi connectivity index (χ0v) is 18.4. The van der Waals surface area contributed by atoms with Gasteiger partial charge in [-0.2, -0.15) is 5.10 Å². The number of hydrazone groups is 1. The van der Waals surface area contributed by atoms with Crippen LogP contribution in [0, 0.1) is 0 Å². The van der Waals surface area contributed by atoms with Gasteiger partial charge in [-0.05, 0) is 35.7 Å². The van der Waals surface area contributed by atoms with E-state index < -0.39 is 0 Å². The molecule has 3 aromatic rings. The standard InChI is InChI=1S/C27H24N2O4/c1-32-20-12-10-19(11-13-20)24-16-23(18-6-3-2-4-7-18)28-29(24)27(31)17-33-26-9-5-8-21-22(26)14-15-25(21)30/h2-13,24H,14-17H2,1H3. The SMILES string of the molecule is COc1ccc(C2CC(c3ccccc3)=NN2C(=O)COc2cccc3c2CCC3=O)cc1. The molecule has 1 atom stereocenters. The summed E-state index contributed by atoms with van der Waals surface area (Å²) in [6.07, 6.45) is 1.74. The van der Waals surface area contributed by atoms with Crippen molar-refractivity contribution >= 4 is 17.4 Å². The molecule has 3 aromatic carbocycles. The first-order valence-corrected chi connectivity index (χ1v) is 11.0. The average Bonchev–Trinajstić information content (AvgIpc) is 3.48. The van der Waals surface area contributed by atoms with E-state index in [0.29, 0.717) is 30.6 Å². The summed E-state index contributed by atoms with van der Waals surface area (Å²) in [7, 11) is 1.63. The van der Waals surface area contributed by atoms with Gasteiger partial charge in [0.2, 0.25) is 0 Å². The maximum Gasteiger partial charge on any atom is 0.281 e. The van der Waals surface area contributed by atoms with E-state index in [1.165, 1.54) is 5.01 Å². The van der Waals surface area contributed by atoms with Crippen molar-refractivity contribution in [2.45, 2.75) is 25.3 Å². The van der Waals surface area contributed by atoms with Gasteiger partial charge in [-0.3, -0.25) is 9.59 Å². The second-order valence-corrected chi connectivity index (χ2v) is 8.14. The van der Waals surface area contributed by atoms with Crippen molar-refractivity contribution < 1.29 is 19.1 Å². The van der Waals surface area contributed by atoms with Crippen molar-refractivity contribution in [2.24, 2.45) is 5.10 Å². The molecular weight excluding hydrogens is 416 g/mol. The number of carbonyl (C=O) groups is 2. The second kappa shape index (κ2) is 8.90. The van der Waals surface area contributed by atoms with Gasteiger partial charge in [-0.1, -0.05) is 54.6 Å². The molecule has 0 radical (unpaired) electrons. The van der Waals surface area contributed by atoms with E-state index in [4.69, 9.17) is 14.6 Å². The van der Waals surface area contributed by atoms with Gasteiger partial charge in [0.15, 0.2) is 12.4 Å². The number of amides is 1. The van der Waals surface area contributed by atoms with Crippen molar-refractivity contribution in [3.05, 3.63) is 95.1 Å². The van der Waals surface area contributed by atoms with Gasteiger partial charge < -0.3 is 9.47 Å². The maximum atomic E-state index is 13.3. The van der Waals surface area contributed by atoms with Gasteiger partial charge in [-0.25, -0.2) is 5.01 Å². The number of ether oxygens (including phenoxy) is 2. The molecule has 0 spiro atoms. The lowest BCUT2D eigenvalue weighted by atomic mass is 9.98. The molecule has 0 N–H and O–H groups in total. The van der Waals surface area contributed by atoms with Crippen LogP contribution in [0.25, 0.3) is 0 Å². The summed E-state index contributed by atoms with van der Waals surface area (Å²) < 4.78 is 11.2. The van der Waals surface area contributed by atoms with E-state index >= 15 is 0 Å². The molecule has 0 saturated heterocycles. The van der Waals surface area contributed by atoms with Gasteiger partial charge in [0.25, 0.3) is 5.91 Å². The Balaban J connectivity index is 1.39. The summed E-state index contributed by atoms with van der Waals surface area (Å²) in [5, 5.41) is 6.22. The highest BCUT2D eigenvalue weighted by atomic mass is 16.5. The number of benzene rings is 3. The molecule has 33 heavy (non-hydrogen) atoms. The molecule has 0 bridgehead atoms. The first kappa shape index (κ1) is 20.9. The average molecular weight is 440 g/mol. The predicted molar refractivity (Wildman–Crippen MR) is 125 cm³/mol. The third-order valence-corrected chi connectivity index (χ3v) is 6.16. The van der Waals surface area contributed by atoms with Crippen LogP contribution in [0.1, 0.15) is 45.9 Å². The molecular formula is C27H24N2O4. The molecule has 0 fully saturated rings. The Morgan fingerprint density at radius 3 is 2.55 bits per heavy atom. The quantitative estimate of drug-likeness (QED) is 0.563. The molecule has 5 rings (SSSR count). The lowest BCUT2D eigenvalue weighted by Gasteiger charge is -2.22. The van der Waals surface area contributed by atoms with E-state index in [1.54, 1.807) is 13.2 Å². The zero-order valence-electron chi connectivity index (χ0n) is 18.4. The monoisotopic (exact) mass is 440 g/mol. The Morgan fingerprint density at radius 2 is 1.79 bits per heavy atom. The third-order valence-electron chi connectivity index (χ3n) is 6.16. The fourth-order valence-corrected chi connectivity index (χ4v) is 4.43. The number of ketones is 1. The summed E-state index contributed by atoms with van der Waals surface area (Å²) in [5.41, 5.74) is 4.41. The minimum atomic E-state index is -0.233. The van der Waals surface area contributed by atoms with E-state index in [2.05, 4.69) is 0 Å². The van der Waals surface area contributed by atoms with E-state index in [9.17, 15) is 9.59 Å². The molecule has 6 heteroatoms. The fourth-order valence-electron chi connectivity index (χ4n) is 4.43. The molecule has 1 aliphatic carbocycles. The first-order chi connectivity index (χ1) is 16.1. The number of fused-ring (bicyclic) bond motifs is 1. The molecule has 2 aliphatic rings. The highest BCUT2D eigenvalue weighted by Crippen LogP contribution is 2.34. The minimum absolute atomic E-state index is 0.123. The van der Waals surface area contributed by atoms with Crippen LogP contribution < -0.4 is 9.47 Å². The summed E-state index contributed by atoms with van der Waals surface area (Å²) in [6.45, 7) is -0.150. The van der Waals surface area contributed by atoms with E-state index in [1.807, 2.05) is 66.7 Å². The molecule has 6 nitrogen and oxygen atoms in total. The van der Waals surface area contributed by atoms with Crippen LogP contribution in [0.2, 0.25) is 0 Å². The Kier molecular flexibility index (Phi) is 5.65. The van der Waals surface area contributed by atoms with Crippen LogP contribution in [-0.2, 0) is 11.2 Å². The lowest BCUT2D eigenvalue weighted by Crippen LogP contribution is -2.31. The van der Waals surface area contributed by atoms with Crippen LogP contribution >= 0.6 is 0 Å². The van der Waals surface area contributed by atoms with Gasteiger partial charge in [0, 0.05) is 24.0 Å². The van der Waals surface area contributed by atoms with Gasteiger partial charge in [-0.15, -0.1) is 0 Å². The predicted octanol–water partition coefficient (Wildman–Crippen LogP) is 4.58. The van der Waals surface area contributed by atoms with Crippen LogP contribution in [0.3, 0.4) is 0 Å². The second-order valence-electron chi connectivity index (χ2n) is 8.14.